The molecule has 3 heterocycles. The predicted octanol–water partition coefficient (Wildman–Crippen LogP) is 2.60. The summed E-state index contributed by atoms with van der Waals surface area (Å²) in [5, 5.41) is 9.85. The highest BCUT2D eigenvalue weighted by molar-refractivity contribution is 7.17. The molecule has 0 amide bonds. The molecule has 23 heavy (non-hydrogen) atoms. The van der Waals surface area contributed by atoms with Crippen molar-refractivity contribution in [2.45, 2.75) is 6.92 Å². The highest BCUT2D eigenvalue weighted by Gasteiger charge is 2.19. The van der Waals surface area contributed by atoms with Crippen molar-refractivity contribution in [2.24, 2.45) is 0 Å². The molecule has 0 unspecified atom stereocenters. The summed E-state index contributed by atoms with van der Waals surface area (Å²) in [5.74, 6) is 1.70. The summed E-state index contributed by atoms with van der Waals surface area (Å²) >= 11 is 1.55. The van der Waals surface area contributed by atoms with E-state index in [4.69, 9.17) is 9.72 Å². The standard InChI is InChI=1S/C16H16N4O2S/c1-10-6-11(8-12(21)7-10)14-18-15-13(23-9-17-15)16(19-14)20-2-4-22-5-3-20/h6-9,21H,2-5H2,1H3. The number of benzene rings is 1. The highest BCUT2D eigenvalue weighted by atomic mass is 32.1. The minimum atomic E-state index is 0.217. The number of aromatic hydroxyl groups is 1. The maximum Gasteiger partial charge on any atom is 0.176 e. The Morgan fingerprint density at radius 1 is 1.17 bits per heavy atom. The first-order valence-corrected chi connectivity index (χ1v) is 8.33. The van der Waals surface area contributed by atoms with Crippen LogP contribution >= 0.6 is 11.3 Å². The minimum absolute atomic E-state index is 0.217. The van der Waals surface area contributed by atoms with Gasteiger partial charge >= 0.3 is 0 Å². The number of nitrogens with zero attached hydrogens (tertiary/aromatic N) is 4. The van der Waals surface area contributed by atoms with Crippen LogP contribution in [0.3, 0.4) is 0 Å². The number of morpholine rings is 1. The Bertz CT molecular complexity index is 838. The minimum Gasteiger partial charge on any atom is -0.508 e. The molecule has 1 aromatic carbocycles. The SMILES string of the molecule is Cc1cc(O)cc(-c2nc(N3CCOCC3)c3scnc3n2)c1. The number of aryl methyl sites for hydroxylation is 1. The van der Waals surface area contributed by atoms with Gasteiger partial charge in [-0.2, -0.15) is 0 Å². The lowest BCUT2D eigenvalue weighted by Gasteiger charge is -2.28. The highest BCUT2D eigenvalue weighted by Crippen LogP contribution is 2.31. The Morgan fingerprint density at radius 2 is 2.00 bits per heavy atom. The molecule has 6 nitrogen and oxygen atoms in total. The number of fused-ring (bicyclic) bond motifs is 1. The van der Waals surface area contributed by atoms with Gasteiger partial charge < -0.3 is 14.7 Å². The van der Waals surface area contributed by atoms with E-state index in [1.54, 1.807) is 29.0 Å². The van der Waals surface area contributed by atoms with E-state index in [2.05, 4.69) is 14.9 Å². The Morgan fingerprint density at radius 3 is 2.78 bits per heavy atom. The van der Waals surface area contributed by atoms with Gasteiger partial charge in [0.05, 0.1) is 18.7 Å². The van der Waals surface area contributed by atoms with Crippen molar-refractivity contribution in [1.29, 1.82) is 0 Å². The largest absolute Gasteiger partial charge is 0.508 e. The van der Waals surface area contributed by atoms with Gasteiger partial charge in [0.1, 0.15) is 10.4 Å². The van der Waals surface area contributed by atoms with Crippen molar-refractivity contribution in [2.75, 3.05) is 31.2 Å². The van der Waals surface area contributed by atoms with Crippen molar-refractivity contribution in [3.05, 3.63) is 29.3 Å². The van der Waals surface area contributed by atoms with E-state index in [0.29, 0.717) is 24.7 Å². The van der Waals surface area contributed by atoms with E-state index in [0.717, 1.165) is 34.7 Å². The van der Waals surface area contributed by atoms with Crippen LogP contribution in [-0.4, -0.2) is 46.4 Å². The summed E-state index contributed by atoms with van der Waals surface area (Å²) in [6, 6.07) is 5.37. The fourth-order valence-electron chi connectivity index (χ4n) is 2.76. The number of thiazole rings is 1. The van der Waals surface area contributed by atoms with Crippen LogP contribution in [0.15, 0.2) is 23.7 Å². The number of anilines is 1. The average Bonchev–Trinajstić information content (AvgIpc) is 3.02. The summed E-state index contributed by atoms with van der Waals surface area (Å²) in [6.07, 6.45) is 0. The molecule has 0 saturated carbocycles. The van der Waals surface area contributed by atoms with E-state index in [1.165, 1.54) is 0 Å². The van der Waals surface area contributed by atoms with Gasteiger partial charge in [-0.15, -0.1) is 11.3 Å². The zero-order valence-electron chi connectivity index (χ0n) is 12.7. The van der Waals surface area contributed by atoms with Gasteiger partial charge in [0, 0.05) is 18.7 Å². The molecule has 0 bridgehead atoms. The van der Waals surface area contributed by atoms with Crippen molar-refractivity contribution in [3.63, 3.8) is 0 Å². The van der Waals surface area contributed by atoms with Crippen LogP contribution in [0.25, 0.3) is 21.7 Å². The first kappa shape index (κ1) is 14.3. The molecule has 1 aliphatic heterocycles. The molecule has 0 radical (unpaired) electrons. The maximum absolute atomic E-state index is 9.85. The molecule has 1 saturated heterocycles. The zero-order chi connectivity index (χ0) is 15.8. The molecular formula is C16H16N4O2S. The molecule has 1 aliphatic rings. The Kier molecular flexibility index (Phi) is 3.59. The second-order valence-corrected chi connectivity index (χ2v) is 6.39. The lowest BCUT2D eigenvalue weighted by atomic mass is 10.1. The normalized spacial score (nSPS) is 15.3. The van der Waals surface area contributed by atoms with Crippen LogP contribution in [0.4, 0.5) is 5.82 Å². The average molecular weight is 328 g/mol. The lowest BCUT2D eigenvalue weighted by molar-refractivity contribution is 0.122. The van der Waals surface area contributed by atoms with Crippen molar-refractivity contribution in [1.82, 2.24) is 15.0 Å². The third kappa shape index (κ3) is 2.73. The first-order valence-electron chi connectivity index (χ1n) is 7.46. The number of ether oxygens (including phenoxy) is 1. The van der Waals surface area contributed by atoms with Crippen LogP contribution in [-0.2, 0) is 4.74 Å². The van der Waals surface area contributed by atoms with Gasteiger partial charge in [0.25, 0.3) is 0 Å². The number of phenols is 1. The van der Waals surface area contributed by atoms with Gasteiger partial charge in [-0.3, -0.25) is 0 Å². The van der Waals surface area contributed by atoms with Gasteiger partial charge in [0.15, 0.2) is 17.3 Å². The molecular weight excluding hydrogens is 312 g/mol. The number of aromatic nitrogens is 3. The van der Waals surface area contributed by atoms with Gasteiger partial charge in [0.2, 0.25) is 0 Å². The van der Waals surface area contributed by atoms with E-state index < -0.39 is 0 Å². The summed E-state index contributed by atoms with van der Waals surface area (Å²) in [6.45, 7) is 4.95. The molecule has 118 valence electrons. The van der Waals surface area contributed by atoms with Crippen LogP contribution in [0.2, 0.25) is 0 Å². The number of hydrogen-bond acceptors (Lipinski definition) is 7. The van der Waals surface area contributed by atoms with Gasteiger partial charge in [-0.1, -0.05) is 0 Å². The zero-order valence-corrected chi connectivity index (χ0v) is 13.5. The van der Waals surface area contributed by atoms with E-state index in [9.17, 15) is 5.11 Å². The van der Waals surface area contributed by atoms with Crippen molar-refractivity contribution >= 4 is 27.5 Å². The topological polar surface area (TPSA) is 71.4 Å². The van der Waals surface area contributed by atoms with Crippen molar-refractivity contribution in [3.8, 4) is 17.1 Å². The van der Waals surface area contributed by atoms with Crippen LogP contribution in [0.5, 0.6) is 5.75 Å². The maximum atomic E-state index is 9.85. The lowest BCUT2D eigenvalue weighted by Crippen LogP contribution is -2.36. The van der Waals surface area contributed by atoms with Crippen LogP contribution in [0.1, 0.15) is 5.56 Å². The molecule has 1 fully saturated rings. The number of rotatable bonds is 2. The summed E-state index contributed by atoms with van der Waals surface area (Å²) in [5.41, 5.74) is 4.25. The molecule has 3 aromatic rings. The van der Waals surface area contributed by atoms with Crippen molar-refractivity contribution < 1.29 is 9.84 Å². The molecule has 7 heteroatoms. The predicted molar refractivity (Wildman–Crippen MR) is 90.1 cm³/mol. The third-order valence-corrected chi connectivity index (χ3v) is 4.62. The number of hydrogen-bond donors (Lipinski definition) is 1. The Hall–Kier alpha value is -2.25. The van der Waals surface area contributed by atoms with Gasteiger partial charge in [-0.25, -0.2) is 15.0 Å². The van der Waals surface area contributed by atoms with E-state index in [1.807, 2.05) is 13.0 Å². The molecule has 4 rings (SSSR count). The fourth-order valence-corrected chi connectivity index (χ4v) is 3.50. The molecule has 0 spiro atoms. The first-order chi connectivity index (χ1) is 11.2. The van der Waals surface area contributed by atoms with Crippen LogP contribution in [0, 0.1) is 6.92 Å². The summed E-state index contributed by atoms with van der Waals surface area (Å²) in [7, 11) is 0. The van der Waals surface area contributed by atoms with E-state index >= 15 is 0 Å². The third-order valence-electron chi connectivity index (χ3n) is 3.81. The second-order valence-electron chi connectivity index (χ2n) is 5.53. The summed E-state index contributed by atoms with van der Waals surface area (Å²) < 4.78 is 6.42. The Labute approximate surface area is 137 Å². The fraction of sp³-hybridized carbons (Fsp3) is 0.312. The molecule has 1 N–H and O–H groups in total. The Balaban J connectivity index is 1.87. The second kappa shape index (κ2) is 5.75. The van der Waals surface area contributed by atoms with E-state index in [-0.39, 0.29) is 5.75 Å². The quantitative estimate of drug-likeness (QED) is 0.780. The molecule has 0 aliphatic carbocycles. The monoisotopic (exact) mass is 328 g/mol. The summed E-state index contributed by atoms with van der Waals surface area (Å²) in [4.78, 5) is 15.9. The van der Waals surface area contributed by atoms with Gasteiger partial charge in [-0.05, 0) is 30.7 Å². The smallest absolute Gasteiger partial charge is 0.176 e. The number of phenolic OH excluding ortho intramolecular Hbond substituents is 1. The van der Waals surface area contributed by atoms with Crippen LogP contribution < -0.4 is 4.90 Å². The molecule has 2 aromatic heterocycles. The molecule has 0 atom stereocenters.